The second kappa shape index (κ2) is 10.9. The van der Waals surface area contributed by atoms with E-state index >= 15 is 0 Å². The maximum Gasteiger partial charge on any atom is 0.193 e. The Hall–Kier alpha value is -0.120. The molecule has 1 N–H and O–H groups in total. The molecule has 3 rings (SSSR count). The molecule has 2 atom stereocenters. The van der Waals surface area contributed by atoms with Crippen molar-refractivity contribution in [2.45, 2.75) is 44.8 Å². The highest BCUT2D eigenvalue weighted by atomic mass is 127. The van der Waals surface area contributed by atoms with Crippen molar-refractivity contribution in [1.82, 2.24) is 15.1 Å². The van der Waals surface area contributed by atoms with Crippen molar-refractivity contribution in [1.29, 1.82) is 0 Å². The summed E-state index contributed by atoms with van der Waals surface area (Å²) in [4.78, 5) is 9.38. The predicted molar refractivity (Wildman–Crippen MR) is 112 cm³/mol. The SMILES string of the molecule is CN=C(NCCN1CCC(C)CC1)N1CCOC(C2CCCO2)C1.I. The van der Waals surface area contributed by atoms with Gasteiger partial charge in [0.1, 0.15) is 6.10 Å². The van der Waals surface area contributed by atoms with Crippen molar-refractivity contribution in [2.24, 2.45) is 10.9 Å². The van der Waals surface area contributed by atoms with Crippen LogP contribution >= 0.6 is 24.0 Å². The fourth-order valence-electron chi connectivity index (χ4n) is 3.93. The molecule has 7 heteroatoms. The first-order valence-corrected chi connectivity index (χ1v) is 9.67. The van der Waals surface area contributed by atoms with Gasteiger partial charge in [-0.25, -0.2) is 0 Å². The van der Waals surface area contributed by atoms with Gasteiger partial charge in [0, 0.05) is 39.8 Å². The van der Waals surface area contributed by atoms with Gasteiger partial charge in [0.25, 0.3) is 0 Å². The lowest BCUT2D eigenvalue weighted by atomic mass is 9.99. The first kappa shape index (κ1) is 21.2. The van der Waals surface area contributed by atoms with Crippen molar-refractivity contribution in [2.75, 3.05) is 59.5 Å². The molecule has 3 saturated heterocycles. The summed E-state index contributed by atoms with van der Waals surface area (Å²) in [6.45, 7) is 10.3. The highest BCUT2D eigenvalue weighted by Crippen LogP contribution is 2.21. The van der Waals surface area contributed by atoms with Crippen LogP contribution < -0.4 is 5.32 Å². The second-order valence-corrected chi connectivity index (χ2v) is 7.40. The van der Waals surface area contributed by atoms with E-state index in [0.717, 1.165) is 64.1 Å². The molecule has 0 aromatic heterocycles. The van der Waals surface area contributed by atoms with Gasteiger partial charge in [0.05, 0.1) is 12.7 Å². The Morgan fingerprint density at radius 1 is 1.08 bits per heavy atom. The van der Waals surface area contributed by atoms with Gasteiger partial charge >= 0.3 is 0 Å². The fourth-order valence-corrected chi connectivity index (χ4v) is 3.93. The van der Waals surface area contributed by atoms with Crippen LogP contribution in [0.5, 0.6) is 0 Å². The Labute approximate surface area is 169 Å². The van der Waals surface area contributed by atoms with Crippen LogP contribution in [0.25, 0.3) is 0 Å². The number of nitrogens with one attached hydrogen (secondary N) is 1. The zero-order chi connectivity index (χ0) is 16.8. The molecule has 25 heavy (non-hydrogen) atoms. The number of morpholine rings is 1. The van der Waals surface area contributed by atoms with Crippen LogP contribution in [0, 0.1) is 5.92 Å². The molecule has 0 aromatic carbocycles. The summed E-state index contributed by atoms with van der Waals surface area (Å²) in [5.74, 6) is 1.90. The Kier molecular flexibility index (Phi) is 9.23. The van der Waals surface area contributed by atoms with Gasteiger partial charge in [-0.1, -0.05) is 6.92 Å². The largest absolute Gasteiger partial charge is 0.375 e. The third-order valence-electron chi connectivity index (χ3n) is 5.57. The topological polar surface area (TPSA) is 49.3 Å². The average molecular weight is 466 g/mol. The van der Waals surface area contributed by atoms with Gasteiger partial charge in [-0.05, 0) is 44.7 Å². The summed E-state index contributed by atoms with van der Waals surface area (Å²) in [7, 11) is 1.88. The highest BCUT2D eigenvalue weighted by Gasteiger charge is 2.32. The van der Waals surface area contributed by atoms with Crippen LogP contribution in [0.15, 0.2) is 4.99 Å². The number of likely N-dealkylation sites (tertiary alicyclic amines) is 1. The number of aliphatic imine (C=N–C) groups is 1. The fraction of sp³-hybridized carbons (Fsp3) is 0.944. The standard InChI is InChI=1S/C18H34N4O2.HI/c1-15-5-8-21(9-6-15)10-7-20-18(19-2)22-11-13-24-17(14-22)16-4-3-12-23-16;/h15-17H,3-14H2,1-2H3,(H,19,20);1H. The van der Waals surface area contributed by atoms with Crippen LogP contribution in [0.1, 0.15) is 32.6 Å². The summed E-state index contributed by atoms with van der Waals surface area (Å²) < 4.78 is 11.7. The molecule has 3 aliphatic heterocycles. The summed E-state index contributed by atoms with van der Waals surface area (Å²) in [6.07, 6.45) is 5.40. The van der Waals surface area contributed by atoms with Crippen LogP contribution in [0.2, 0.25) is 0 Å². The van der Waals surface area contributed by atoms with Crippen LogP contribution in [0.3, 0.4) is 0 Å². The number of guanidine groups is 1. The first-order chi connectivity index (χ1) is 11.8. The summed E-state index contributed by atoms with van der Waals surface area (Å²) in [6, 6.07) is 0. The monoisotopic (exact) mass is 466 g/mol. The Bertz CT molecular complexity index is 410. The van der Waals surface area contributed by atoms with Crippen molar-refractivity contribution in [3.8, 4) is 0 Å². The van der Waals surface area contributed by atoms with E-state index in [4.69, 9.17) is 9.47 Å². The molecule has 3 aliphatic rings. The van der Waals surface area contributed by atoms with Gasteiger partial charge in [-0.3, -0.25) is 4.99 Å². The Morgan fingerprint density at radius 3 is 2.52 bits per heavy atom. The van der Waals surface area contributed by atoms with E-state index in [1.54, 1.807) is 0 Å². The van der Waals surface area contributed by atoms with E-state index < -0.39 is 0 Å². The smallest absolute Gasteiger partial charge is 0.193 e. The molecule has 0 radical (unpaired) electrons. The van der Waals surface area contributed by atoms with Gasteiger partial charge in [-0.2, -0.15) is 0 Å². The third-order valence-corrected chi connectivity index (χ3v) is 5.57. The molecule has 2 unspecified atom stereocenters. The zero-order valence-electron chi connectivity index (χ0n) is 15.8. The molecule has 0 saturated carbocycles. The van der Waals surface area contributed by atoms with E-state index in [-0.39, 0.29) is 36.2 Å². The maximum atomic E-state index is 5.94. The van der Waals surface area contributed by atoms with Gasteiger partial charge < -0.3 is 24.6 Å². The molecule has 0 spiro atoms. The number of rotatable bonds is 4. The predicted octanol–water partition coefficient (Wildman–Crippen LogP) is 1.79. The molecule has 0 aliphatic carbocycles. The molecule has 3 fully saturated rings. The Balaban J connectivity index is 0.00000225. The van der Waals surface area contributed by atoms with Crippen molar-refractivity contribution < 1.29 is 9.47 Å². The van der Waals surface area contributed by atoms with E-state index in [9.17, 15) is 0 Å². The number of halogens is 1. The van der Waals surface area contributed by atoms with Crippen molar-refractivity contribution in [3.05, 3.63) is 0 Å². The first-order valence-electron chi connectivity index (χ1n) is 9.67. The average Bonchev–Trinajstić information content (AvgIpc) is 3.15. The lowest BCUT2D eigenvalue weighted by Gasteiger charge is -2.37. The third kappa shape index (κ3) is 6.22. The number of piperidine rings is 1. The summed E-state index contributed by atoms with van der Waals surface area (Å²) in [5.41, 5.74) is 0. The van der Waals surface area contributed by atoms with E-state index in [0.29, 0.717) is 0 Å². The minimum atomic E-state index is 0. The minimum Gasteiger partial charge on any atom is -0.375 e. The molecular weight excluding hydrogens is 431 g/mol. The molecular formula is C18H35IN4O2. The van der Waals surface area contributed by atoms with Crippen molar-refractivity contribution >= 4 is 29.9 Å². The number of ether oxygens (including phenoxy) is 2. The molecule has 0 aromatic rings. The highest BCUT2D eigenvalue weighted by molar-refractivity contribution is 14.0. The lowest BCUT2D eigenvalue weighted by Crippen LogP contribution is -2.54. The van der Waals surface area contributed by atoms with E-state index in [2.05, 4.69) is 27.0 Å². The zero-order valence-corrected chi connectivity index (χ0v) is 18.1. The van der Waals surface area contributed by atoms with E-state index in [1.807, 2.05) is 7.05 Å². The molecule has 0 amide bonds. The number of hydrogen-bond donors (Lipinski definition) is 1. The number of nitrogens with zero attached hydrogens (tertiary/aromatic N) is 3. The lowest BCUT2D eigenvalue weighted by molar-refractivity contribution is -0.0817. The maximum absolute atomic E-state index is 5.94. The molecule has 146 valence electrons. The number of hydrogen-bond acceptors (Lipinski definition) is 4. The van der Waals surface area contributed by atoms with Crippen molar-refractivity contribution in [3.63, 3.8) is 0 Å². The van der Waals surface area contributed by atoms with E-state index in [1.165, 1.54) is 25.9 Å². The Morgan fingerprint density at radius 2 is 1.84 bits per heavy atom. The minimum absolute atomic E-state index is 0. The van der Waals surface area contributed by atoms with Crippen LogP contribution in [0.4, 0.5) is 0 Å². The normalized spacial score (nSPS) is 29.5. The summed E-state index contributed by atoms with van der Waals surface area (Å²) in [5, 5.41) is 3.55. The molecule has 3 heterocycles. The summed E-state index contributed by atoms with van der Waals surface area (Å²) >= 11 is 0. The van der Waals surface area contributed by atoms with Gasteiger partial charge in [0.15, 0.2) is 5.96 Å². The second-order valence-electron chi connectivity index (χ2n) is 7.40. The van der Waals surface area contributed by atoms with Gasteiger partial charge in [-0.15, -0.1) is 24.0 Å². The van der Waals surface area contributed by atoms with Crippen LogP contribution in [-0.2, 0) is 9.47 Å². The van der Waals surface area contributed by atoms with Gasteiger partial charge in [0.2, 0.25) is 0 Å². The quantitative estimate of drug-likeness (QED) is 0.389. The van der Waals surface area contributed by atoms with Crippen LogP contribution in [-0.4, -0.2) is 87.5 Å². The molecule has 0 bridgehead atoms. The molecule has 6 nitrogen and oxygen atoms in total.